The first-order chi connectivity index (χ1) is 8.97. The molecular weight excluding hydrogens is 232 g/mol. The van der Waals surface area contributed by atoms with Gasteiger partial charge in [0.15, 0.2) is 0 Å². The van der Waals surface area contributed by atoms with Crippen molar-refractivity contribution in [2.45, 2.75) is 27.3 Å². The van der Waals surface area contributed by atoms with Gasteiger partial charge >= 0.3 is 0 Å². The van der Waals surface area contributed by atoms with Crippen LogP contribution >= 0.6 is 0 Å². The molecule has 2 aromatic rings. The topological polar surface area (TPSA) is 29.3 Å². The third kappa shape index (κ3) is 3.08. The van der Waals surface area contributed by atoms with E-state index >= 15 is 0 Å². The monoisotopic (exact) mass is 254 g/mol. The molecule has 19 heavy (non-hydrogen) atoms. The van der Waals surface area contributed by atoms with Gasteiger partial charge < -0.3 is 10.6 Å². The molecule has 2 rings (SSSR count). The van der Waals surface area contributed by atoms with Gasteiger partial charge in [0.05, 0.1) is 0 Å². The Hall–Kier alpha value is -1.96. The van der Waals surface area contributed by atoms with Gasteiger partial charge in [0.2, 0.25) is 0 Å². The molecule has 0 aliphatic rings. The number of hydrogen-bond donors (Lipinski definition) is 1. The van der Waals surface area contributed by atoms with Crippen molar-refractivity contribution in [1.29, 1.82) is 0 Å². The van der Waals surface area contributed by atoms with Crippen LogP contribution in [0.1, 0.15) is 22.3 Å². The summed E-state index contributed by atoms with van der Waals surface area (Å²) in [6.07, 6.45) is 0. The zero-order chi connectivity index (χ0) is 14.0. The Bertz CT molecular complexity index is 588. The first-order valence-electron chi connectivity index (χ1n) is 6.61. The molecule has 0 aliphatic heterocycles. The third-order valence-electron chi connectivity index (χ3n) is 3.52. The van der Waals surface area contributed by atoms with Gasteiger partial charge in [-0.05, 0) is 49.6 Å². The molecule has 2 N–H and O–H groups in total. The van der Waals surface area contributed by atoms with Gasteiger partial charge in [-0.25, -0.2) is 0 Å². The molecule has 2 nitrogen and oxygen atoms in total. The molecule has 0 unspecified atom stereocenters. The highest BCUT2D eigenvalue weighted by atomic mass is 15.1. The molecule has 0 spiro atoms. The maximum atomic E-state index is 5.86. The summed E-state index contributed by atoms with van der Waals surface area (Å²) < 4.78 is 0. The molecule has 0 atom stereocenters. The fraction of sp³-hybridized carbons (Fsp3) is 0.294. The quantitative estimate of drug-likeness (QED) is 0.843. The maximum Gasteiger partial charge on any atom is 0.0426 e. The summed E-state index contributed by atoms with van der Waals surface area (Å²) in [7, 11) is 2.13. The van der Waals surface area contributed by atoms with Crippen molar-refractivity contribution in [2.24, 2.45) is 0 Å². The van der Waals surface area contributed by atoms with Crippen molar-refractivity contribution in [1.82, 2.24) is 0 Å². The van der Waals surface area contributed by atoms with Gasteiger partial charge in [0, 0.05) is 25.0 Å². The molecule has 100 valence electrons. The van der Waals surface area contributed by atoms with Crippen LogP contribution in [0.25, 0.3) is 0 Å². The normalized spacial score (nSPS) is 10.5. The number of nitrogen functional groups attached to an aromatic ring is 1. The van der Waals surface area contributed by atoms with E-state index in [0.717, 1.165) is 17.8 Å². The SMILES string of the molecule is Cc1ccc(N(C)Cc2ccc(N)c(C)c2)c(C)c1. The van der Waals surface area contributed by atoms with Crippen LogP contribution in [0.5, 0.6) is 0 Å². The van der Waals surface area contributed by atoms with E-state index in [1.807, 2.05) is 6.07 Å². The maximum absolute atomic E-state index is 5.86. The molecule has 0 fully saturated rings. The number of aryl methyl sites for hydroxylation is 3. The number of anilines is 2. The average molecular weight is 254 g/mol. The van der Waals surface area contributed by atoms with Crippen LogP contribution in [0.2, 0.25) is 0 Å². The summed E-state index contributed by atoms with van der Waals surface area (Å²) in [5, 5.41) is 0. The van der Waals surface area contributed by atoms with E-state index in [1.165, 1.54) is 22.4 Å². The fourth-order valence-corrected chi connectivity index (χ4v) is 2.43. The highest BCUT2D eigenvalue weighted by Crippen LogP contribution is 2.22. The highest BCUT2D eigenvalue weighted by Gasteiger charge is 2.06. The lowest BCUT2D eigenvalue weighted by Gasteiger charge is -2.22. The predicted octanol–water partition coefficient (Wildman–Crippen LogP) is 3.83. The van der Waals surface area contributed by atoms with Crippen LogP contribution in [0.4, 0.5) is 11.4 Å². The Labute approximate surface area is 115 Å². The van der Waals surface area contributed by atoms with Crippen molar-refractivity contribution in [3.05, 3.63) is 58.7 Å². The minimum absolute atomic E-state index is 0.859. The minimum atomic E-state index is 0.859. The highest BCUT2D eigenvalue weighted by molar-refractivity contribution is 5.55. The van der Waals surface area contributed by atoms with Crippen LogP contribution in [-0.2, 0) is 6.54 Å². The molecular formula is C17H22N2. The Kier molecular flexibility index (Phi) is 3.79. The summed E-state index contributed by atoms with van der Waals surface area (Å²) in [6.45, 7) is 7.23. The second-order valence-corrected chi connectivity index (χ2v) is 5.34. The summed E-state index contributed by atoms with van der Waals surface area (Å²) in [6, 6.07) is 12.8. The van der Waals surface area contributed by atoms with Gasteiger partial charge in [0.1, 0.15) is 0 Å². The lowest BCUT2D eigenvalue weighted by molar-refractivity contribution is 0.915. The molecule has 0 radical (unpaired) electrons. The van der Waals surface area contributed by atoms with Gasteiger partial charge in [-0.3, -0.25) is 0 Å². The van der Waals surface area contributed by atoms with Crippen LogP contribution in [0.15, 0.2) is 36.4 Å². The van der Waals surface area contributed by atoms with E-state index in [2.05, 4.69) is 63.1 Å². The van der Waals surface area contributed by atoms with Crippen molar-refractivity contribution in [2.75, 3.05) is 17.7 Å². The predicted molar refractivity (Wildman–Crippen MR) is 83.6 cm³/mol. The molecule has 0 aromatic heterocycles. The summed E-state index contributed by atoms with van der Waals surface area (Å²) in [5.74, 6) is 0. The zero-order valence-corrected chi connectivity index (χ0v) is 12.2. The van der Waals surface area contributed by atoms with Crippen LogP contribution in [0.3, 0.4) is 0 Å². The molecule has 0 saturated carbocycles. The van der Waals surface area contributed by atoms with E-state index in [1.54, 1.807) is 0 Å². The van der Waals surface area contributed by atoms with Crippen molar-refractivity contribution < 1.29 is 0 Å². The van der Waals surface area contributed by atoms with Crippen molar-refractivity contribution >= 4 is 11.4 Å². The standard InChI is InChI=1S/C17H22N2/c1-12-5-8-17(14(3)9-12)19(4)11-15-6-7-16(18)13(2)10-15/h5-10H,11,18H2,1-4H3. The van der Waals surface area contributed by atoms with Crippen LogP contribution in [0, 0.1) is 20.8 Å². The lowest BCUT2D eigenvalue weighted by atomic mass is 10.1. The summed E-state index contributed by atoms with van der Waals surface area (Å²) >= 11 is 0. The number of rotatable bonds is 3. The van der Waals surface area contributed by atoms with E-state index in [9.17, 15) is 0 Å². The molecule has 2 aromatic carbocycles. The van der Waals surface area contributed by atoms with E-state index < -0.39 is 0 Å². The Morgan fingerprint density at radius 1 is 0.947 bits per heavy atom. The van der Waals surface area contributed by atoms with Crippen LogP contribution in [-0.4, -0.2) is 7.05 Å². The molecule has 0 aliphatic carbocycles. The Morgan fingerprint density at radius 2 is 1.68 bits per heavy atom. The molecule has 0 heterocycles. The van der Waals surface area contributed by atoms with Gasteiger partial charge in [-0.15, -0.1) is 0 Å². The molecule has 0 amide bonds. The number of nitrogens with two attached hydrogens (primary N) is 1. The fourth-order valence-electron chi connectivity index (χ4n) is 2.43. The smallest absolute Gasteiger partial charge is 0.0426 e. The van der Waals surface area contributed by atoms with Gasteiger partial charge in [-0.1, -0.05) is 29.8 Å². The second kappa shape index (κ2) is 5.35. The first kappa shape index (κ1) is 13.5. The summed E-state index contributed by atoms with van der Waals surface area (Å²) in [4.78, 5) is 2.28. The van der Waals surface area contributed by atoms with E-state index in [-0.39, 0.29) is 0 Å². The molecule has 2 heteroatoms. The van der Waals surface area contributed by atoms with E-state index in [4.69, 9.17) is 5.73 Å². The Morgan fingerprint density at radius 3 is 2.32 bits per heavy atom. The van der Waals surface area contributed by atoms with Gasteiger partial charge in [0.25, 0.3) is 0 Å². The van der Waals surface area contributed by atoms with Crippen molar-refractivity contribution in [3.63, 3.8) is 0 Å². The van der Waals surface area contributed by atoms with Gasteiger partial charge in [-0.2, -0.15) is 0 Å². The second-order valence-electron chi connectivity index (χ2n) is 5.34. The lowest BCUT2D eigenvalue weighted by Crippen LogP contribution is -2.17. The number of benzene rings is 2. The first-order valence-corrected chi connectivity index (χ1v) is 6.61. The number of hydrogen-bond acceptors (Lipinski definition) is 2. The third-order valence-corrected chi connectivity index (χ3v) is 3.52. The van der Waals surface area contributed by atoms with Crippen LogP contribution < -0.4 is 10.6 Å². The average Bonchev–Trinajstić information content (AvgIpc) is 2.33. The summed E-state index contributed by atoms with van der Waals surface area (Å²) in [5.41, 5.74) is 13.0. The zero-order valence-electron chi connectivity index (χ0n) is 12.2. The largest absolute Gasteiger partial charge is 0.399 e. The van der Waals surface area contributed by atoms with E-state index in [0.29, 0.717) is 0 Å². The molecule has 0 saturated heterocycles. The Balaban J connectivity index is 2.20. The molecule has 0 bridgehead atoms. The van der Waals surface area contributed by atoms with Crippen molar-refractivity contribution in [3.8, 4) is 0 Å². The minimum Gasteiger partial charge on any atom is -0.399 e. The number of nitrogens with zero attached hydrogens (tertiary/aromatic N) is 1.